The standard InChI is InChI=1S/C36H43ClF2N6O3/c1-35(2,3)48-34(46)45-24-15-27(39)30(45)20-43(18-24)32-25-11-14-42(29-10-5-8-22-7-4-9-26(37)31(22)29)19-28(25)40-33(41-32)47-21-36-12-6-13-44(36)17-23(38)16-36/h4-5,7-10,23-24,27,30H,6,11-21H2,1-3H3. The second-order valence-electron chi connectivity index (χ2n) is 15.2. The number of amides is 1. The lowest BCUT2D eigenvalue weighted by Crippen LogP contribution is -2.58. The van der Waals surface area contributed by atoms with E-state index in [9.17, 15) is 9.18 Å². The number of rotatable bonds is 5. The molecule has 4 fully saturated rings. The van der Waals surface area contributed by atoms with E-state index in [-0.39, 0.29) is 24.0 Å². The Bertz CT molecular complexity index is 1730. The van der Waals surface area contributed by atoms with Gasteiger partial charge in [-0.3, -0.25) is 9.80 Å². The fraction of sp³-hybridized carbons (Fsp3) is 0.583. The van der Waals surface area contributed by atoms with Crippen LogP contribution in [-0.4, -0.2) is 101 Å². The van der Waals surface area contributed by atoms with E-state index in [1.165, 1.54) is 0 Å². The largest absolute Gasteiger partial charge is 0.461 e. The van der Waals surface area contributed by atoms with Crippen LogP contribution in [0.4, 0.5) is 25.1 Å². The number of benzene rings is 2. The van der Waals surface area contributed by atoms with Crippen LogP contribution < -0.4 is 14.5 Å². The number of alkyl halides is 2. The van der Waals surface area contributed by atoms with Gasteiger partial charge in [-0.15, -0.1) is 0 Å². The molecular formula is C36H43ClF2N6O3. The van der Waals surface area contributed by atoms with E-state index in [1.807, 2.05) is 39.0 Å². The molecule has 2 bridgehead atoms. The maximum absolute atomic E-state index is 15.5. The zero-order chi connectivity index (χ0) is 33.4. The zero-order valence-electron chi connectivity index (χ0n) is 27.8. The first kappa shape index (κ1) is 31.8. The van der Waals surface area contributed by atoms with Gasteiger partial charge < -0.3 is 19.3 Å². The second kappa shape index (κ2) is 11.9. The van der Waals surface area contributed by atoms with Crippen molar-refractivity contribution in [3.8, 4) is 6.01 Å². The molecule has 12 heteroatoms. The van der Waals surface area contributed by atoms with Crippen LogP contribution in [0.2, 0.25) is 5.02 Å². The lowest BCUT2D eigenvalue weighted by molar-refractivity contribution is 0.00949. The SMILES string of the molecule is CC(C)(C)OC(=O)N1C2CC(F)C1CN(c1nc(OCC34CCCN3CC(F)C4)nc3c1CCN(c1cccc4cccc(Cl)c14)C3)C2. The molecule has 4 saturated heterocycles. The summed E-state index contributed by atoms with van der Waals surface area (Å²) in [5, 5.41) is 2.77. The van der Waals surface area contributed by atoms with Crippen LogP contribution in [0.1, 0.15) is 57.7 Å². The molecule has 0 saturated carbocycles. The molecule has 48 heavy (non-hydrogen) atoms. The Hall–Kier alpha value is -3.44. The predicted octanol–water partition coefficient (Wildman–Crippen LogP) is 6.34. The maximum Gasteiger partial charge on any atom is 0.411 e. The number of ether oxygens (including phenoxy) is 2. The summed E-state index contributed by atoms with van der Waals surface area (Å²) in [5.41, 5.74) is 1.88. The van der Waals surface area contributed by atoms with Gasteiger partial charge >= 0.3 is 12.1 Å². The highest BCUT2D eigenvalue weighted by Gasteiger charge is 2.52. The van der Waals surface area contributed by atoms with E-state index < -0.39 is 30.1 Å². The number of carbonyl (C=O) groups is 1. The van der Waals surface area contributed by atoms with E-state index in [4.69, 9.17) is 31.0 Å². The Morgan fingerprint density at radius 1 is 1.06 bits per heavy atom. The number of hydrogen-bond acceptors (Lipinski definition) is 8. The van der Waals surface area contributed by atoms with E-state index in [0.29, 0.717) is 50.7 Å². The first-order chi connectivity index (χ1) is 23.0. The van der Waals surface area contributed by atoms with Gasteiger partial charge in [-0.25, -0.2) is 13.6 Å². The summed E-state index contributed by atoms with van der Waals surface area (Å²) in [4.78, 5) is 31.4. The van der Waals surface area contributed by atoms with E-state index in [1.54, 1.807) is 4.90 Å². The minimum atomic E-state index is -1.16. The molecule has 1 amide bonds. The van der Waals surface area contributed by atoms with E-state index in [0.717, 1.165) is 59.5 Å². The summed E-state index contributed by atoms with van der Waals surface area (Å²) in [6, 6.07) is 11.4. The summed E-state index contributed by atoms with van der Waals surface area (Å²) in [6.45, 7) is 9.07. The van der Waals surface area contributed by atoms with Crippen molar-refractivity contribution in [2.75, 3.05) is 49.1 Å². The molecule has 3 aromatic rings. The highest BCUT2D eigenvalue weighted by atomic mass is 35.5. The number of hydrogen-bond donors (Lipinski definition) is 0. The Morgan fingerprint density at radius 2 is 1.88 bits per heavy atom. The van der Waals surface area contributed by atoms with Gasteiger partial charge in [0.25, 0.3) is 0 Å². The quantitative estimate of drug-likeness (QED) is 0.309. The lowest BCUT2D eigenvalue weighted by Gasteiger charge is -2.43. The average molecular weight is 681 g/mol. The smallest absolute Gasteiger partial charge is 0.411 e. The van der Waals surface area contributed by atoms with Crippen LogP contribution in [0.25, 0.3) is 10.8 Å². The third-order valence-electron chi connectivity index (χ3n) is 10.8. The second-order valence-corrected chi connectivity index (χ2v) is 15.6. The molecule has 0 radical (unpaired) electrons. The van der Waals surface area contributed by atoms with Gasteiger partial charge in [0.15, 0.2) is 0 Å². The zero-order valence-corrected chi connectivity index (χ0v) is 28.6. The summed E-state index contributed by atoms with van der Waals surface area (Å²) in [6.07, 6.45) is 0.797. The summed E-state index contributed by atoms with van der Waals surface area (Å²) < 4.78 is 42.2. The molecule has 5 unspecified atom stereocenters. The number of carbonyl (C=O) groups excluding carboxylic acids is 1. The van der Waals surface area contributed by atoms with Gasteiger partial charge in [0, 0.05) is 55.7 Å². The van der Waals surface area contributed by atoms with E-state index >= 15 is 4.39 Å². The van der Waals surface area contributed by atoms with Crippen molar-refractivity contribution >= 4 is 40.0 Å². The van der Waals surface area contributed by atoms with Gasteiger partial charge in [0.2, 0.25) is 0 Å². The van der Waals surface area contributed by atoms with Crippen LogP contribution in [0, 0.1) is 0 Å². The van der Waals surface area contributed by atoms with E-state index in [2.05, 4.69) is 32.9 Å². The molecule has 5 aliphatic rings. The molecule has 8 rings (SSSR count). The fourth-order valence-electron chi connectivity index (χ4n) is 8.77. The first-order valence-corrected chi connectivity index (χ1v) is 17.6. The highest BCUT2D eigenvalue weighted by Crippen LogP contribution is 2.42. The molecule has 0 spiro atoms. The molecule has 5 aliphatic heterocycles. The Morgan fingerprint density at radius 3 is 2.67 bits per heavy atom. The summed E-state index contributed by atoms with van der Waals surface area (Å²) in [7, 11) is 0. The van der Waals surface area contributed by atoms with Crippen LogP contribution in [0.5, 0.6) is 6.01 Å². The minimum Gasteiger partial charge on any atom is -0.461 e. The number of piperazine rings is 1. The van der Waals surface area contributed by atoms with Crippen molar-refractivity contribution in [2.24, 2.45) is 0 Å². The topological polar surface area (TPSA) is 74.3 Å². The van der Waals surface area contributed by atoms with Gasteiger partial charge in [-0.1, -0.05) is 35.9 Å². The molecule has 6 heterocycles. The molecular weight excluding hydrogens is 638 g/mol. The van der Waals surface area contributed by atoms with Crippen molar-refractivity contribution < 1.29 is 23.0 Å². The van der Waals surface area contributed by atoms with Crippen molar-refractivity contribution in [3.63, 3.8) is 0 Å². The number of fused-ring (bicyclic) bond motifs is 5. The number of halogens is 3. The fourth-order valence-corrected chi connectivity index (χ4v) is 9.05. The number of nitrogens with zero attached hydrogens (tertiary/aromatic N) is 6. The lowest BCUT2D eigenvalue weighted by atomic mass is 9.95. The normalized spacial score (nSPS) is 28.6. The molecule has 1 aromatic heterocycles. The Balaban J connectivity index is 1.13. The summed E-state index contributed by atoms with van der Waals surface area (Å²) >= 11 is 6.73. The van der Waals surface area contributed by atoms with Gasteiger partial charge in [0.05, 0.1) is 34.9 Å². The third-order valence-corrected chi connectivity index (χ3v) is 11.1. The van der Waals surface area contributed by atoms with Crippen LogP contribution >= 0.6 is 11.6 Å². The van der Waals surface area contributed by atoms with Crippen LogP contribution in [-0.2, 0) is 17.7 Å². The molecule has 9 nitrogen and oxygen atoms in total. The Kier molecular flexibility index (Phi) is 7.86. The van der Waals surface area contributed by atoms with Crippen molar-refractivity contribution in [3.05, 3.63) is 52.7 Å². The molecule has 5 atom stereocenters. The van der Waals surface area contributed by atoms with Gasteiger partial charge in [-0.05, 0) is 64.1 Å². The Labute approximate surface area is 285 Å². The molecule has 0 N–H and O–H groups in total. The highest BCUT2D eigenvalue weighted by molar-refractivity contribution is 6.36. The minimum absolute atomic E-state index is 0.254. The number of anilines is 2. The predicted molar refractivity (Wildman–Crippen MR) is 182 cm³/mol. The first-order valence-electron chi connectivity index (χ1n) is 17.2. The van der Waals surface area contributed by atoms with Crippen LogP contribution in [0.15, 0.2) is 36.4 Å². The van der Waals surface area contributed by atoms with Crippen LogP contribution in [0.3, 0.4) is 0 Å². The van der Waals surface area contributed by atoms with Crippen molar-refractivity contribution in [2.45, 2.75) is 95.0 Å². The summed E-state index contributed by atoms with van der Waals surface area (Å²) in [5.74, 6) is 0.731. The van der Waals surface area contributed by atoms with Gasteiger partial charge in [0.1, 0.15) is 30.4 Å². The third kappa shape index (κ3) is 5.60. The van der Waals surface area contributed by atoms with Gasteiger partial charge in [-0.2, -0.15) is 9.97 Å². The maximum atomic E-state index is 15.5. The van der Waals surface area contributed by atoms with Crippen molar-refractivity contribution in [1.82, 2.24) is 19.8 Å². The molecule has 0 aliphatic carbocycles. The molecule has 2 aromatic carbocycles. The molecule has 256 valence electrons. The average Bonchev–Trinajstić information content (AvgIpc) is 3.63. The number of aromatic nitrogens is 2. The van der Waals surface area contributed by atoms with Crippen molar-refractivity contribution in [1.29, 1.82) is 0 Å². The monoisotopic (exact) mass is 680 g/mol.